The Kier molecular flexibility index (Phi) is 4.73. The first-order valence-corrected chi connectivity index (χ1v) is 5.15. The predicted molar refractivity (Wildman–Crippen MR) is 62.7 cm³/mol. The van der Waals surface area contributed by atoms with Crippen LogP contribution in [-0.2, 0) is 0 Å². The number of nitrogens with zero attached hydrogens (tertiary/aromatic N) is 1. The van der Waals surface area contributed by atoms with Crippen LogP contribution >= 0.6 is 11.6 Å². The van der Waals surface area contributed by atoms with Gasteiger partial charge in [0.2, 0.25) is 0 Å². The zero-order valence-corrected chi connectivity index (χ0v) is 9.25. The Labute approximate surface area is 94.6 Å². The number of benzene rings is 1. The molecule has 0 heterocycles. The number of hydrogen-bond acceptors (Lipinski definition) is 2. The Balaban J connectivity index is 2.90. The summed E-state index contributed by atoms with van der Waals surface area (Å²) in [5, 5.41) is 11.8. The highest BCUT2D eigenvalue weighted by Gasteiger charge is 1.97. The largest absolute Gasteiger partial charge is 0.411 e. The molecule has 1 aromatic carbocycles. The van der Waals surface area contributed by atoms with Gasteiger partial charge in [0.25, 0.3) is 0 Å². The van der Waals surface area contributed by atoms with Crippen LogP contribution in [0.25, 0.3) is 0 Å². The van der Waals surface area contributed by atoms with Crippen molar-refractivity contribution in [1.29, 1.82) is 0 Å². The lowest BCUT2D eigenvalue weighted by molar-refractivity contribution is 0.319. The van der Waals surface area contributed by atoms with Crippen molar-refractivity contribution in [2.24, 2.45) is 5.16 Å². The van der Waals surface area contributed by atoms with Crippen LogP contribution in [0.1, 0.15) is 24.5 Å². The summed E-state index contributed by atoms with van der Waals surface area (Å²) in [4.78, 5) is 0. The van der Waals surface area contributed by atoms with Crippen molar-refractivity contribution in [1.82, 2.24) is 0 Å². The van der Waals surface area contributed by atoms with E-state index < -0.39 is 0 Å². The van der Waals surface area contributed by atoms with Crippen molar-refractivity contribution in [3.8, 4) is 11.8 Å². The van der Waals surface area contributed by atoms with E-state index in [1.807, 2.05) is 24.3 Å². The van der Waals surface area contributed by atoms with Crippen LogP contribution in [0.4, 0.5) is 0 Å². The van der Waals surface area contributed by atoms with Gasteiger partial charge in [0, 0.05) is 23.4 Å². The molecule has 3 heteroatoms. The SMILES string of the molecule is C/C(=N/O)c1cccc(C#CCCCl)c1. The molecule has 1 rings (SSSR count). The van der Waals surface area contributed by atoms with E-state index in [0.29, 0.717) is 18.0 Å². The Bertz CT molecular complexity index is 415. The molecular weight excluding hydrogens is 210 g/mol. The molecule has 1 N–H and O–H groups in total. The molecule has 0 aliphatic carbocycles. The van der Waals surface area contributed by atoms with E-state index >= 15 is 0 Å². The summed E-state index contributed by atoms with van der Waals surface area (Å²) in [6.45, 7) is 1.74. The first-order valence-electron chi connectivity index (χ1n) is 4.62. The number of oxime groups is 1. The molecule has 0 aliphatic heterocycles. The maximum atomic E-state index is 8.63. The predicted octanol–water partition coefficient (Wildman–Crippen LogP) is 2.87. The zero-order chi connectivity index (χ0) is 11.1. The number of rotatable bonds is 2. The van der Waals surface area contributed by atoms with Crippen molar-refractivity contribution < 1.29 is 5.21 Å². The van der Waals surface area contributed by atoms with E-state index in [0.717, 1.165) is 11.1 Å². The molecule has 1 aromatic rings. The third-order valence-electron chi connectivity index (χ3n) is 1.88. The second-order valence-electron chi connectivity index (χ2n) is 3.01. The lowest BCUT2D eigenvalue weighted by Gasteiger charge is -1.98. The van der Waals surface area contributed by atoms with Gasteiger partial charge in [-0.2, -0.15) is 0 Å². The molecule has 15 heavy (non-hydrogen) atoms. The third-order valence-corrected chi connectivity index (χ3v) is 2.07. The average molecular weight is 222 g/mol. The van der Waals surface area contributed by atoms with Gasteiger partial charge in [0.05, 0.1) is 5.71 Å². The molecule has 0 unspecified atom stereocenters. The van der Waals surface area contributed by atoms with Gasteiger partial charge >= 0.3 is 0 Å². The van der Waals surface area contributed by atoms with Crippen LogP contribution in [-0.4, -0.2) is 16.8 Å². The molecule has 78 valence electrons. The van der Waals surface area contributed by atoms with Gasteiger partial charge in [-0.3, -0.25) is 0 Å². The number of halogens is 1. The molecular formula is C12H12ClNO. The van der Waals surface area contributed by atoms with Crippen molar-refractivity contribution in [2.75, 3.05) is 5.88 Å². The van der Waals surface area contributed by atoms with Gasteiger partial charge in [0.15, 0.2) is 0 Å². The number of alkyl halides is 1. The maximum absolute atomic E-state index is 8.63. The summed E-state index contributed by atoms with van der Waals surface area (Å²) < 4.78 is 0. The van der Waals surface area contributed by atoms with Crippen LogP contribution in [0.2, 0.25) is 0 Å². The Morgan fingerprint density at radius 1 is 1.53 bits per heavy atom. The molecule has 0 atom stereocenters. The van der Waals surface area contributed by atoms with Crippen molar-refractivity contribution in [3.05, 3.63) is 35.4 Å². The highest BCUT2D eigenvalue weighted by Crippen LogP contribution is 2.05. The molecule has 0 aromatic heterocycles. The highest BCUT2D eigenvalue weighted by molar-refractivity contribution is 6.18. The molecule has 0 saturated carbocycles. The lowest BCUT2D eigenvalue weighted by atomic mass is 10.1. The Morgan fingerprint density at radius 3 is 3.00 bits per heavy atom. The van der Waals surface area contributed by atoms with E-state index in [2.05, 4.69) is 17.0 Å². The second-order valence-corrected chi connectivity index (χ2v) is 3.38. The lowest BCUT2D eigenvalue weighted by Crippen LogP contribution is -1.94. The molecule has 0 bridgehead atoms. The monoisotopic (exact) mass is 221 g/mol. The molecule has 0 radical (unpaired) electrons. The molecule has 0 fully saturated rings. The minimum Gasteiger partial charge on any atom is -0.411 e. The standard InChI is InChI=1S/C12H12ClNO/c1-10(14-15)12-7-4-6-11(9-12)5-2-3-8-13/h4,6-7,9,15H,3,8H2,1H3/b14-10-. The fourth-order valence-corrected chi connectivity index (χ4v) is 1.19. The zero-order valence-electron chi connectivity index (χ0n) is 8.50. The van der Waals surface area contributed by atoms with Crippen LogP contribution in [0, 0.1) is 11.8 Å². The van der Waals surface area contributed by atoms with E-state index in [-0.39, 0.29) is 0 Å². The quantitative estimate of drug-likeness (QED) is 0.269. The van der Waals surface area contributed by atoms with E-state index in [1.54, 1.807) is 6.92 Å². The third kappa shape index (κ3) is 3.65. The summed E-state index contributed by atoms with van der Waals surface area (Å²) in [5.41, 5.74) is 2.35. The van der Waals surface area contributed by atoms with Crippen molar-refractivity contribution >= 4 is 17.3 Å². The first kappa shape index (κ1) is 11.6. The van der Waals surface area contributed by atoms with Crippen LogP contribution in [0.3, 0.4) is 0 Å². The molecule has 0 spiro atoms. The van der Waals surface area contributed by atoms with Crippen molar-refractivity contribution in [2.45, 2.75) is 13.3 Å². The van der Waals surface area contributed by atoms with E-state index in [4.69, 9.17) is 16.8 Å². The fraction of sp³-hybridized carbons (Fsp3) is 0.250. The normalized spacial score (nSPS) is 10.7. The van der Waals surface area contributed by atoms with Crippen LogP contribution < -0.4 is 0 Å². The van der Waals surface area contributed by atoms with Gasteiger partial charge in [-0.05, 0) is 19.1 Å². The molecule has 0 aliphatic rings. The van der Waals surface area contributed by atoms with E-state index in [1.165, 1.54) is 0 Å². The molecule has 0 saturated heterocycles. The Morgan fingerprint density at radius 2 is 2.33 bits per heavy atom. The fourth-order valence-electron chi connectivity index (χ4n) is 1.09. The minimum absolute atomic E-state index is 0.545. The van der Waals surface area contributed by atoms with Gasteiger partial charge in [-0.15, -0.1) is 11.6 Å². The number of hydrogen-bond donors (Lipinski definition) is 1. The first-order chi connectivity index (χ1) is 7.27. The second kappa shape index (κ2) is 6.10. The smallest absolute Gasteiger partial charge is 0.0837 e. The molecule has 2 nitrogen and oxygen atoms in total. The summed E-state index contributed by atoms with van der Waals surface area (Å²) in [6.07, 6.45) is 0.679. The maximum Gasteiger partial charge on any atom is 0.0837 e. The van der Waals surface area contributed by atoms with Crippen LogP contribution in [0.15, 0.2) is 29.4 Å². The van der Waals surface area contributed by atoms with Crippen molar-refractivity contribution in [3.63, 3.8) is 0 Å². The Hall–Kier alpha value is -1.46. The van der Waals surface area contributed by atoms with E-state index in [9.17, 15) is 0 Å². The van der Waals surface area contributed by atoms with Gasteiger partial charge < -0.3 is 5.21 Å². The average Bonchev–Trinajstić information content (AvgIpc) is 2.29. The molecule has 0 amide bonds. The van der Waals surface area contributed by atoms with Gasteiger partial charge in [-0.1, -0.05) is 29.1 Å². The topological polar surface area (TPSA) is 32.6 Å². The van der Waals surface area contributed by atoms with Crippen LogP contribution in [0.5, 0.6) is 0 Å². The minimum atomic E-state index is 0.545. The summed E-state index contributed by atoms with van der Waals surface area (Å²) in [5.74, 6) is 6.49. The summed E-state index contributed by atoms with van der Waals surface area (Å²) in [7, 11) is 0. The summed E-state index contributed by atoms with van der Waals surface area (Å²) >= 11 is 5.52. The highest BCUT2D eigenvalue weighted by atomic mass is 35.5. The summed E-state index contributed by atoms with van der Waals surface area (Å²) in [6, 6.07) is 7.56. The van der Waals surface area contributed by atoms with Gasteiger partial charge in [0.1, 0.15) is 0 Å². The van der Waals surface area contributed by atoms with Gasteiger partial charge in [-0.25, -0.2) is 0 Å².